The largest absolute Gasteiger partial charge is 0.492 e. The molecule has 7 aromatic rings. The monoisotopic (exact) mass is 1600 g/mol. The summed E-state index contributed by atoms with van der Waals surface area (Å²) in [6, 6.07) is 51.2. The molecule has 7 aromatic carbocycles. The molecule has 5 heterocycles. The van der Waals surface area contributed by atoms with E-state index in [0.29, 0.717) is 76.6 Å². The van der Waals surface area contributed by atoms with Crippen LogP contribution in [0.5, 0.6) is 17.2 Å². The van der Waals surface area contributed by atoms with Gasteiger partial charge in [0.05, 0.1) is 22.2 Å². The number of ether oxygens (including phenoxy) is 3. The van der Waals surface area contributed by atoms with Crippen LogP contribution >= 0.6 is 23.2 Å². The molecule has 0 aromatic heterocycles. The molecule has 0 N–H and O–H groups in total. The van der Waals surface area contributed by atoms with Crippen molar-refractivity contribution in [2.45, 2.75) is 242 Å². The normalized spacial score (nSPS) is 18.5. The van der Waals surface area contributed by atoms with E-state index in [-0.39, 0.29) is 11.6 Å². The number of piperidine rings is 2. The van der Waals surface area contributed by atoms with Crippen LogP contribution in [-0.2, 0) is 54.0 Å². The van der Waals surface area contributed by atoms with Gasteiger partial charge in [-0.2, -0.15) is 14.5 Å². The highest BCUT2D eigenvalue weighted by molar-refractivity contribution is 7.89. The minimum absolute atomic E-state index is 0.120. The van der Waals surface area contributed by atoms with Crippen LogP contribution in [-0.4, -0.2) is 75.0 Å². The van der Waals surface area contributed by atoms with E-state index in [1.54, 1.807) is 40.2 Å². The molecule has 16 rings (SSSR count). The van der Waals surface area contributed by atoms with Crippen molar-refractivity contribution in [2.75, 3.05) is 39.6 Å². The van der Waals surface area contributed by atoms with Gasteiger partial charge in [0.15, 0.2) is 17.2 Å². The van der Waals surface area contributed by atoms with E-state index in [2.05, 4.69) is 215 Å². The second kappa shape index (κ2) is 43.1. The lowest BCUT2D eigenvalue weighted by Gasteiger charge is -2.73. The Bertz CT molecular complexity index is 4350. The van der Waals surface area contributed by atoms with Crippen molar-refractivity contribution >= 4 is 57.1 Å². The van der Waals surface area contributed by atoms with E-state index in [1.807, 2.05) is 54.4 Å². The van der Waals surface area contributed by atoms with Crippen LogP contribution in [0.2, 0.25) is 10.0 Å². The number of aryl methyl sites for hydroxylation is 2. The second-order valence-corrected chi connectivity index (χ2v) is 38.8. The van der Waals surface area contributed by atoms with E-state index >= 15 is 0 Å². The summed E-state index contributed by atoms with van der Waals surface area (Å²) < 4.78 is 42.9. The summed E-state index contributed by atoms with van der Waals surface area (Å²) in [5.41, 5.74) is 15.3. The summed E-state index contributed by atoms with van der Waals surface area (Å²) in [4.78, 5) is 19.2. The maximum Gasteiger partial charge on any atom is 0.253 e. The number of aliphatic imine (C=N–C) groups is 1. The van der Waals surface area contributed by atoms with E-state index in [4.69, 9.17) is 43.8 Å². The molecule has 2 saturated heterocycles. The average molecular weight is 1600 g/mol. The zero-order valence-corrected chi connectivity index (χ0v) is 73.8. The lowest BCUT2D eigenvalue weighted by molar-refractivity contribution is -0.172. The Kier molecular flexibility index (Phi) is 34.2. The average Bonchev–Trinajstić information content (AvgIpc) is 0.791. The first-order valence-electron chi connectivity index (χ1n) is 42.7. The van der Waals surface area contributed by atoms with Gasteiger partial charge in [-0.05, 0) is 272 Å². The van der Waals surface area contributed by atoms with Crippen LogP contribution in [0.15, 0.2) is 178 Å². The van der Waals surface area contributed by atoms with Crippen LogP contribution in [0.3, 0.4) is 0 Å². The summed E-state index contributed by atoms with van der Waals surface area (Å²) >= 11 is 12.4. The van der Waals surface area contributed by atoms with Crippen molar-refractivity contribution in [3.8, 4) is 29.6 Å². The number of allylic oxidation sites excluding steroid dienone is 1. The predicted molar refractivity (Wildman–Crippen MR) is 477 cm³/mol. The van der Waals surface area contributed by atoms with Gasteiger partial charge in [0.25, 0.3) is 5.91 Å². The Morgan fingerprint density at radius 3 is 1.74 bits per heavy atom. The summed E-state index contributed by atoms with van der Waals surface area (Å²) in [6.07, 6.45) is 32.9. The number of halogens is 2. The second-order valence-electron chi connectivity index (χ2n) is 36.1. The molecular formula is C100H133Cl2N5O6S. The minimum Gasteiger partial charge on any atom is -0.492 e. The molecule has 5 aliphatic heterocycles. The van der Waals surface area contributed by atoms with E-state index in [0.717, 1.165) is 147 Å². The lowest BCUT2D eigenvalue weighted by Crippen LogP contribution is -2.66. The highest BCUT2D eigenvalue weighted by atomic mass is 35.5. The minimum atomic E-state index is -3.28. The van der Waals surface area contributed by atoms with Gasteiger partial charge in [0.1, 0.15) is 5.75 Å². The van der Waals surface area contributed by atoms with Gasteiger partial charge in [0, 0.05) is 68.7 Å². The number of fused-ring (bicyclic) bond motifs is 3. The molecule has 0 atom stereocenters. The molecule has 9 aliphatic rings. The maximum atomic E-state index is 12.5. The topological polar surface area (TPSA) is 122 Å². The molecule has 14 heteroatoms. The number of amides is 1. The van der Waals surface area contributed by atoms with Crippen molar-refractivity contribution in [3.05, 3.63) is 223 Å². The summed E-state index contributed by atoms with van der Waals surface area (Å²) in [6.45, 7) is 37.6. The van der Waals surface area contributed by atoms with Gasteiger partial charge in [-0.25, -0.2) is 8.42 Å². The fourth-order valence-electron chi connectivity index (χ4n) is 16.8. The Labute approximate surface area is 697 Å². The number of likely N-dealkylation sites (tertiary alicyclic amines) is 1. The smallest absolute Gasteiger partial charge is 0.253 e. The molecule has 4 aliphatic carbocycles. The first kappa shape index (κ1) is 90.4. The SMILES string of the molecule is C#CCCC1(CCOc2ccc(CC(C)C)cc2Cl)N=N1.CC(C)C12CC(c3ccccc3)(C1)C2.CC(C)CC1CCN(S(=O)(=O)c2ccccc2)CC1.CC(C)CCc1ccc2c(c1)OCO2.CC(C)Cc1ccc2c(c1)C=CC2.CC(C)Cc1ccc2c(c1)N=CC2.Cc1ccc(C(=O)N2CCC(CC(C)C)CC2)cc1Cl. The Hall–Kier alpha value is -7.53. The first-order chi connectivity index (χ1) is 54.4. The maximum absolute atomic E-state index is 12.5. The van der Waals surface area contributed by atoms with Crippen molar-refractivity contribution in [3.63, 3.8) is 0 Å². The lowest BCUT2D eigenvalue weighted by atomic mass is 9.31. The number of hydrogen-bond acceptors (Lipinski definition) is 9. The van der Waals surface area contributed by atoms with Crippen molar-refractivity contribution in [2.24, 2.45) is 73.9 Å². The molecule has 11 nitrogen and oxygen atoms in total. The van der Waals surface area contributed by atoms with Gasteiger partial charge in [-0.1, -0.05) is 229 Å². The van der Waals surface area contributed by atoms with Gasteiger partial charge >= 0.3 is 0 Å². The molecule has 0 radical (unpaired) electrons. The molecule has 0 spiro atoms. The summed E-state index contributed by atoms with van der Waals surface area (Å²) in [5, 5.41) is 9.51. The third-order valence-corrected chi connectivity index (χ3v) is 25.9. The number of carbonyl (C=O) groups is 1. The van der Waals surface area contributed by atoms with Gasteiger partial charge in [0.2, 0.25) is 16.8 Å². The molecule has 0 unspecified atom stereocenters. The quantitative estimate of drug-likeness (QED) is 0.0555. The third-order valence-electron chi connectivity index (χ3n) is 23.3. The first-order valence-corrected chi connectivity index (χ1v) is 44.9. The summed E-state index contributed by atoms with van der Waals surface area (Å²) in [7, 11) is -3.28. The molecular weight excluding hydrogens is 1470 g/mol. The highest BCUT2D eigenvalue weighted by Crippen LogP contribution is 2.76. The van der Waals surface area contributed by atoms with Gasteiger partial charge < -0.3 is 19.1 Å². The Balaban J connectivity index is 0.000000153. The third kappa shape index (κ3) is 27.0. The van der Waals surface area contributed by atoms with Crippen LogP contribution < -0.4 is 14.2 Å². The number of carbonyl (C=O) groups excluding carboxylic acids is 1. The molecule has 614 valence electrons. The number of nitrogens with zero attached hydrogens (tertiary/aromatic N) is 5. The predicted octanol–water partition coefficient (Wildman–Crippen LogP) is 25.9. The van der Waals surface area contributed by atoms with Crippen LogP contribution in [0.1, 0.15) is 241 Å². The van der Waals surface area contributed by atoms with Gasteiger partial charge in [-0.15, -0.1) is 12.3 Å². The van der Waals surface area contributed by atoms with Crippen molar-refractivity contribution in [1.29, 1.82) is 0 Å². The number of benzene rings is 7. The molecule has 114 heavy (non-hydrogen) atoms. The number of sulfonamides is 1. The fraction of sp³-hybridized carbons (Fsp3) is 0.520. The molecule has 5 fully saturated rings. The molecule has 1 amide bonds. The fourth-order valence-corrected chi connectivity index (χ4v) is 18.7. The standard InChI is InChI=1S/C17H21ClN2O.C17H24ClNO.C15H23NO2S.C14H18.C13H16.C12H15N.C12H16O2/c1-4-5-8-17(19-20-17)9-10-21-16-7-6-14(11-13(2)3)12-15(16)18;1-12(2)10-14-6-8-19(9-7-14)17(20)15-5-4-13(3)16(18)11-15;1-13(2)12-14-8-10-16(11-9-14)19(17,18)15-6-4-3-5-7-15;1-11(2)13-8-14(9-13,10-13)12-6-4-3-5-7-12;1-10(2)8-11-6-7-12-4-3-5-13(12)9-11;1-9(2)7-10-3-4-11-5-6-13-12(11)8-10;1-9(2)3-4-10-5-6-11-12(7-10)14-8-13-11/h1,6-7,12-13H,5,8-11H2,2-3H3;4-5,11-12,14H,6-10H2,1-3H3;3-7,13-14H,8-12H2,1-2H3;3-7,11H,8-10H2,1-2H3;3,5-7,9-10H,4,8H2,1-2H3;3-4,6,8-9H,5,7H2,1-2H3;5-7,9H,3-4,8H2,1-2H3. The number of rotatable bonds is 24. The number of hydrogen-bond donors (Lipinski definition) is 0. The highest BCUT2D eigenvalue weighted by Gasteiger charge is 2.68. The van der Waals surface area contributed by atoms with Crippen LogP contribution in [0.25, 0.3) is 6.08 Å². The zero-order chi connectivity index (χ0) is 82.2. The van der Waals surface area contributed by atoms with E-state index in [9.17, 15) is 13.2 Å². The van der Waals surface area contributed by atoms with Crippen molar-refractivity contribution in [1.82, 2.24) is 9.21 Å². The van der Waals surface area contributed by atoms with Gasteiger partial charge in [-0.3, -0.25) is 9.79 Å². The van der Waals surface area contributed by atoms with Crippen LogP contribution in [0, 0.1) is 77.9 Å². The van der Waals surface area contributed by atoms with Crippen LogP contribution in [0.4, 0.5) is 5.69 Å². The Morgan fingerprint density at radius 1 is 0.596 bits per heavy atom. The van der Waals surface area contributed by atoms with E-state index in [1.165, 1.54) is 89.6 Å². The van der Waals surface area contributed by atoms with E-state index < -0.39 is 10.0 Å². The zero-order valence-electron chi connectivity index (χ0n) is 71.5. The number of terminal acetylenes is 1. The molecule has 3 saturated carbocycles. The van der Waals surface area contributed by atoms with Crippen molar-refractivity contribution < 1.29 is 27.4 Å². The summed E-state index contributed by atoms with van der Waals surface area (Å²) in [5.74, 6) is 11.9. The Morgan fingerprint density at radius 2 is 1.17 bits per heavy atom. The molecule has 2 bridgehead atoms.